The van der Waals surface area contributed by atoms with Gasteiger partial charge in [0.05, 0.1) is 4.90 Å². The standard InChI is InChI=1S/C15H22N2O3S/c1-21(19,20)14-7-3-4-11(8-14)15(18)17-10-13-6-2-5-12(13)9-16/h3-4,7-8,12-13H,2,5-6,9-10,16H2,1H3,(H,17,18). The maximum absolute atomic E-state index is 12.1. The summed E-state index contributed by atoms with van der Waals surface area (Å²) in [6.45, 7) is 1.26. The van der Waals surface area contributed by atoms with Crippen LogP contribution in [0.1, 0.15) is 29.6 Å². The largest absolute Gasteiger partial charge is 0.352 e. The molecule has 0 heterocycles. The highest BCUT2D eigenvalue weighted by Crippen LogP contribution is 2.30. The van der Waals surface area contributed by atoms with Crippen molar-refractivity contribution in [3.63, 3.8) is 0 Å². The molecule has 6 heteroatoms. The van der Waals surface area contributed by atoms with Gasteiger partial charge in [0.15, 0.2) is 9.84 Å². The van der Waals surface area contributed by atoms with Crippen molar-refractivity contribution in [3.05, 3.63) is 29.8 Å². The number of hydrogen-bond acceptors (Lipinski definition) is 4. The van der Waals surface area contributed by atoms with Crippen LogP contribution in [0.4, 0.5) is 0 Å². The van der Waals surface area contributed by atoms with Crippen LogP contribution in [0.5, 0.6) is 0 Å². The van der Waals surface area contributed by atoms with Gasteiger partial charge < -0.3 is 11.1 Å². The van der Waals surface area contributed by atoms with E-state index in [1.807, 2.05) is 0 Å². The number of sulfone groups is 1. The van der Waals surface area contributed by atoms with Gasteiger partial charge >= 0.3 is 0 Å². The van der Waals surface area contributed by atoms with Gasteiger partial charge in [-0.3, -0.25) is 4.79 Å². The highest BCUT2D eigenvalue weighted by molar-refractivity contribution is 7.90. The van der Waals surface area contributed by atoms with Crippen LogP contribution >= 0.6 is 0 Å². The molecule has 21 heavy (non-hydrogen) atoms. The molecular formula is C15H22N2O3S. The summed E-state index contributed by atoms with van der Waals surface area (Å²) in [5, 5.41) is 2.89. The van der Waals surface area contributed by atoms with Crippen LogP contribution in [0.15, 0.2) is 29.2 Å². The predicted molar refractivity (Wildman–Crippen MR) is 81.8 cm³/mol. The molecule has 1 aromatic rings. The Hall–Kier alpha value is -1.40. The van der Waals surface area contributed by atoms with Gasteiger partial charge in [-0.15, -0.1) is 0 Å². The summed E-state index contributed by atoms with van der Waals surface area (Å²) in [7, 11) is -3.30. The Balaban J connectivity index is 2.01. The van der Waals surface area contributed by atoms with Gasteiger partial charge in [-0.25, -0.2) is 8.42 Å². The van der Waals surface area contributed by atoms with Crippen molar-refractivity contribution in [1.82, 2.24) is 5.32 Å². The van der Waals surface area contributed by atoms with Crippen molar-refractivity contribution < 1.29 is 13.2 Å². The summed E-state index contributed by atoms with van der Waals surface area (Å²) in [5.74, 6) is 0.674. The summed E-state index contributed by atoms with van der Waals surface area (Å²) in [6, 6.07) is 6.12. The van der Waals surface area contributed by atoms with Gasteiger partial charge in [-0.2, -0.15) is 0 Å². The van der Waals surface area contributed by atoms with Gasteiger partial charge in [0, 0.05) is 18.4 Å². The third-order valence-electron chi connectivity index (χ3n) is 4.17. The average Bonchev–Trinajstić information content (AvgIpc) is 2.91. The van der Waals surface area contributed by atoms with Crippen molar-refractivity contribution in [2.24, 2.45) is 17.6 Å². The smallest absolute Gasteiger partial charge is 0.251 e. The van der Waals surface area contributed by atoms with E-state index in [-0.39, 0.29) is 10.8 Å². The minimum atomic E-state index is -3.30. The number of nitrogens with two attached hydrogens (primary N) is 1. The molecule has 0 radical (unpaired) electrons. The topological polar surface area (TPSA) is 89.3 Å². The fourth-order valence-corrected chi connectivity index (χ4v) is 3.55. The summed E-state index contributed by atoms with van der Waals surface area (Å²) in [5.41, 5.74) is 6.11. The van der Waals surface area contributed by atoms with Crippen LogP contribution in [0.3, 0.4) is 0 Å². The highest BCUT2D eigenvalue weighted by Gasteiger charge is 2.26. The van der Waals surface area contributed by atoms with Gasteiger partial charge in [0.2, 0.25) is 0 Å². The maximum Gasteiger partial charge on any atom is 0.251 e. The number of nitrogens with one attached hydrogen (secondary N) is 1. The molecular weight excluding hydrogens is 288 g/mol. The number of rotatable bonds is 5. The molecule has 1 fully saturated rings. The number of carbonyl (C=O) groups is 1. The Bertz CT molecular complexity index is 613. The Morgan fingerprint density at radius 1 is 1.33 bits per heavy atom. The Morgan fingerprint density at radius 3 is 2.71 bits per heavy atom. The molecule has 2 unspecified atom stereocenters. The van der Waals surface area contributed by atoms with E-state index in [9.17, 15) is 13.2 Å². The average molecular weight is 310 g/mol. The first-order valence-corrected chi connectivity index (χ1v) is 9.09. The summed E-state index contributed by atoms with van der Waals surface area (Å²) in [6.07, 6.45) is 4.51. The Labute approximate surface area is 125 Å². The molecule has 0 aliphatic heterocycles. The quantitative estimate of drug-likeness (QED) is 0.855. The fourth-order valence-electron chi connectivity index (χ4n) is 2.89. The zero-order valence-electron chi connectivity index (χ0n) is 12.2. The maximum atomic E-state index is 12.1. The van der Waals surface area contributed by atoms with Crippen molar-refractivity contribution in [3.8, 4) is 0 Å². The minimum absolute atomic E-state index is 0.163. The van der Waals surface area contributed by atoms with E-state index in [1.54, 1.807) is 12.1 Å². The van der Waals surface area contributed by atoms with Gasteiger partial charge in [0.25, 0.3) is 5.91 Å². The Morgan fingerprint density at radius 2 is 2.05 bits per heavy atom. The van der Waals surface area contributed by atoms with Crippen molar-refractivity contribution in [2.75, 3.05) is 19.3 Å². The third-order valence-corrected chi connectivity index (χ3v) is 5.28. The number of hydrogen-bond donors (Lipinski definition) is 2. The molecule has 1 aliphatic rings. The molecule has 0 aromatic heterocycles. The van der Waals surface area contributed by atoms with Crippen molar-refractivity contribution in [1.29, 1.82) is 0 Å². The van der Waals surface area contributed by atoms with Crippen LogP contribution in [-0.4, -0.2) is 33.7 Å². The van der Waals surface area contributed by atoms with Crippen molar-refractivity contribution in [2.45, 2.75) is 24.2 Å². The van der Waals surface area contributed by atoms with E-state index < -0.39 is 9.84 Å². The van der Waals surface area contributed by atoms with E-state index >= 15 is 0 Å². The van der Waals surface area contributed by atoms with Crippen LogP contribution in [0, 0.1) is 11.8 Å². The van der Waals surface area contributed by atoms with E-state index in [2.05, 4.69) is 5.32 Å². The zero-order valence-corrected chi connectivity index (χ0v) is 13.0. The fraction of sp³-hybridized carbons (Fsp3) is 0.533. The number of amides is 1. The predicted octanol–water partition coefficient (Wildman–Crippen LogP) is 1.19. The molecule has 2 rings (SSSR count). The molecule has 0 saturated heterocycles. The monoisotopic (exact) mass is 310 g/mol. The second-order valence-corrected chi connectivity index (χ2v) is 7.71. The lowest BCUT2D eigenvalue weighted by molar-refractivity contribution is 0.0944. The number of carbonyl (C=O) groups excluding carboxylic acids is 1. The third kappa shape index (κ3) is 4.04. The van der Waals surface area contributed by atoms with Crippen LogP contribution in [0.2, 0.25) is 0 Å². The Kier molecular flexibility index (Phi) is 5.00. The van der Waals surface area contributed by atoms with E-state index in [4.69, 9.17) is 5.73 Å². The summed E-state index contributed by atoms with van der Waals surface area (Å²) >= 11 is 0. The van der Waals surface area contributed by atoms with E-state index in [0.29, 0.717) is 30.5 Å². The summed E-state index contributed by atoms with van der Waals surface area (Å²) < 4.78 is 23.0. The van der Waals surface area contributed by atoms with Gasteiger partial charge in [-0.1, -0.05) is 12.5 Å². The van der Waals surface area contributed by atoms with E-state index in [1.165, 1.54) is 12.1 Å². The van der Waals surface area contributed by atoms with Crippen LogP contribution in [-0.2, 0) is 9.84 Å². The first-order valence-electron chi connectivity index (χ1n) is 7.20. The highest BCUT2D eigenvalue weighted by atomic mass is 32.2. The van der Waals surface area contributed by atoms with Gasteiger partial charge in [0.1, 0.15) is 0 Å². The normalized spacial score (nSPS) is 22.2. The molecule has 1 saturated carbocycles. The molecule has 1 aliphatic carbocycles. The lowest BCUT2D eigenvalue weighted by Gasteiger charge is -2.18. The SMILES string of the molecule is CS(=O)(=O)c1cccc(C(=O)NCC2CCCC2CN)c1. The molecule has 1 aromatic carbocycles. The molecule has 2 atom stereocenters. The summed E-state index contributed by atoms with van der Waals surface area (Å²) in [4.78, 5) is 12.3. The minimum Gasteiger partial charge on any atom is -0.352 e. The molecule has 0 bridgehead atoms. The molecule has 0 spiro atoms. The van der Waals surface area contributed by atoms with Gasteiger partial charge in [-0.05, 0) is 49.4 Å². The van der Waals surface area contributed by atoms with Crippen molar-refractivity contribution >= 4 is 15.7 Å². The molecule has 1 amide bonds. The van der Waals surface area contributed by atoms with Crippen LogP contribution in [0.25, 0.3) is 0 Å². The number of benzene rings is 1. The molecule has 116 valence electrons. The molecule has 5 nitrogen and oxygen atoms in total. The molecule has 3 N–H and O–H groups in total. The second-order valence-electron chi connectivity index (χ2n) is 5.70. The first-order chi connectivity index (χ1) is 9.91. The lowest BCUT2D eigenvalue weighted by Crippen LogP contribution is -2.32. The van der Waals surface area contributed by atoms with E-state index in [0.717, 1.165) is 25.5 Å². The second kappa shape index (κ2) is 6.58. The first kappa shape index (κ1) is 16.0. The zero-order chi connectivity index (χ0) is 15.5. The van der Waals surface area contributed by atoms with Crippen LogP contribution < -0.4 is 11.1 Å². The lowest BCUT2D eigenvalue weighted by atomic mass is 9.96.